The van der Waals surface area contributed by atoms with Gasteiger partial charge in [-0.25, -0.2) is 0 Å². The Bertz CT molecular complexity index is 1010. The number of benzene rings is 1. The van der Waals surface area contributed by atoms with Gasteiger partial charge in [0.1, 0.15) is 17.2 Å². The summed E-state index contributed by atoms with van der Waals surface area (Å²) in [6.07, 6.45) is 3.13. The van der Waals surface area contributed by atoms with Crippen molar-refractivity contribution in [2.45, 2.75) is 47.0 Å². The van der Waals surface area contributed by atoms with Crippen molar-refractivity contribution in [3.05, 3.63) is 64.6 Å². The van der Waals surface area contributed by atoms with Crippen LogP contribution in [0.5, 0.6) is 17.4 Å². The summed E-state index contributed by atoms with van der Waals surface area (Å²) in [6, 6.07) is 10.8. The number of pyridine rings is 1. The third-order valence-electron chi connectivity index (χ3n) is 4.14. The van der Waals surface area contributed by atoms with E-state index in [1.807, 2.05) is 39.0 Å². The van der Waals surface area contributed by atoms with Crippen LogP contribution in [0.2, 0.25) is 0 Å². The lowest BCUT2D eigenvalue weighted by Gasteiger charge is -2.20. The fourth-order valence-corrected chi connectivity index (χ4v) is 2.92. The van der Waals surface area contributed by atoms with Gasteiger partial charge in [0.15, 0.2) is 5.76 Å². The highest BCUT2D eigenvalue weighted by Crippen LogP contribution is 2.35. The molecule has 1 N–H and O–H groups in total. The molecule has 0 saturated heterocycles. The molecule has 0 aliphatic rings. The third kappa shape index (κ3) is 6.59. The van der Waals surface area contributed by atoms with Crippen LogP contribution in [-0.4, -0.2) is 17.5 Å². The Morgan fingerprint density at radius 3 is 2.55 bits per heavy atom. The first-order chi connectivity index (χ1) is 14.8. The summed E-state index contributed by atoms with van der Waals surface area (Å²) in [6.45, 7) is 12.7. The van der Waals surface area contributed by atoms with Gasteiger partial charge in [0, 0.05) is 18.3 Å². The van der Waals surface area contributed by atoms with Gasteiger partial charge < -0.3 is 19.2 Å². The van der Waals surface area contributed by atoms with Crippen molar-refractivity contribution in [3.8, 4) is 17.4 Å². The number of furan rings is 1. The van der Waals surface area contributed by atoms with E-state index in [1.165, 1.54) is 6.20 Å². The molecule has 0 fully saturated rings. The average Bonchev–Trinajstić information content (AvgIpc) is 3.21. The Balaban J connectivity index is 0.00000166. The van der Waals surface area contributed by atoms with Gasteiger partial charge in [0.25, 0.3) is 11.9 Å². The zero-order valence-electron chi connectivity index (χ0n) is 18.8. The molecule has 0 unspecified atom stereocenters. The number of carbonyl (C=O) groups is 1. The highest BCUT2D eigenvalue weighted by Gasteiger charge is 2.18. The van der Waals surface area contributed by atoms with Gasteiger partial charge >= 0.3 is 0 Å². The molecule has 166 valence electrons. The van der Waals surface area contributed by atoms with E-state index in [9.17, 15) is 4.79 Å². The van der Waals surface area contributed by atoms with Crippen LogP contribution in [0.3, 0.4) is 0 Å². The van der Waals surface area contributed by atoms with Gasteiger partial charge in [-0.1, -0.05) is 40.7 Å². The van der Waals surface area contributed by atoms with Crippen molar-refractivity contribution in [2.24, 2.45) is 0 Å². The molecule has 0 saturated carbocycles. The number of ether oxygens (including phenoxy) is 2. The minimum Gasteiger partial charge on any atom is -0.492 e. The lowest BCUT2D eigenvalue weighted by Crippen LogP contribution is -2.12. The SMILES string of the molecule is CC.CCOc1ccncc1NC(=O)c1ccc(Oc2cc(C(C)(C)C)ccc2Br)o1. The molecule has 3 aromatic rings. The van der Waals surface area contributed by atoms with Gasteiger partial charge in [-0.05, 0) is 52.0 Å². The van der Waals surface area contributed by atoms with Crippen molar-refractivity contribution in [3.63, 3.8) is 0 Å². The van der Waals surface area contributed by atoms with Crippen LogP contribution in [0.15, 0.2) is 57.7 Å². The van der Waals surface area contributed by atoms with Crippen molar-refractivity contribution >= 4 is 27.5 Å². The van der Waals surface area contributed by atoms with Crippen LogP contribution < -0.4 is 14.8 Å². The molecule has 2 heterocycles. The van der Waals surface area contributed by atoms with E-state index in [1.54, 1.807) is 24.4 Å². The van der Waals surface area contributed by atoms with Gasteiger partial charge in [-0.3, -0.25) is 9.78 Å². The first-order valence-corrected chi connectivity index (χ1v) is 11.0. The Labute approximate surface area is 192 Å². The zero-order chi connectivity index (χ0) is 23.0. The molecule has 31 heavy (non-hydrogen) atoms. The molecule has 2 aromatic heterocycles. The van der Waals surface area contributed by atoms with Gasteiger partial charge in [-0.15, -0.1) is 0 Å². The van der Waals surface area contributed by atoms with Crippen LogP contribution in [0.25, 0.3) is 0 Å². The van der Waals surface area contributed by atoms with E-state index in [-0.39, 0.29) is 17.1 Å². The van der Waals surface area contributed by atoms with E-state index in [2.05, 4.69) is 47.0 Å². The van der Waals surface area contributed by atoms with Crippen LogP contribution in [0.4, 0.5) is 5.69 Å². The lowest BCUT2D eigenvalue weighted by atomic mass is 9.87. The molecule has 0 aliphatic carbocycles. The second-order valence-corrected chi connectivity index (χ2v) is 8.23. The van der Waals surface area contributed by atoms with Gasteiger partial charge in [-0.2, -0.15) is 0 Å². The second kappa shape index (κ2) is 11.0. The average molecular weight is 489 g/mol. The van der Waals surface area contributed by atoms with Crippen LogP contribution in [0.1, 0.15) is 57.7 Å². The largest absolute Gasteiger partial charge is 0.492 e. The monoisotopic (exact) mass is 488 g/mol. The fourth-order valence-electron chi connectivity index (χ4n) is 2.59. The topological polar surface area (TPSA) is 73.6 Å². The molecule has 1 amide bonds. The first kappa shape index (κ1) is 24.5. The molecule has 0 radical (unpaired) electrons. The van der Waals surface area contributed by atoms with Crippen LogP contribution in [0, 0.1) is 0 Å². The Morgan fingerprint density at radius 2 is 1.87 bits per heavy atom. The number of amides is 1. The van der Waals surface area contributed by atoms with Gasteiger partial charge in [0.2, 0.25) is 0 Å². The summed E-state index contributed by atoms with van der Waals surface area (Å²) in [7, 11) is 0. The molecule has 0 spiro atoms. The van der Waals surface area contributed by atoms with Crippen molar-refractivity contribution in [2.75, 3.05) is 11.9 Å². The lowest BCUT2D eigenvalue weighted by molar-refractivity contribution is 0.0991. The first-order valence-electron chi connectivity index (χ1n) is 10.2. The Hall–Kier alpha value is -2.80. The molecule has 3 rings (SSSR count). The fraction of sp³-hybridized carbons (Fsp3) is 0.333. The smallest absolute Gasteiger partial charge is 0.291 e. The number of carbonyl (C=O) groups excluding carboxylic acids is 1. The Morgan fingerprint density at radius 1 is 1.13 bits per heavy atom. The normalized spacial score (nSPS) is 10.7. The number of nitrogens with one attached hydrogen (secondary N) is 1. The van der Waals surface area contributed by atoms with Gasteiger partial charge in [0.05, 0.1) is 17.3 Å². The van der Waals surface area contributed by atoms with Crippen molar-refractivity contribution in [1.82, 2.24) is 4.98 Å². The van der Waals surface area contributed by atoms with E-state index >= 15 is 0 Å². The Kier molecular flexibility index (Phi) is 8.68. The maximum atomic E-state index is 12.5. The van der Waals surface area contributed by atoms with E-state index in [0.29, 0.717) is 23.8 Å². The number of rotatable bonds is 6. The zero-order valence-corrected chi connectivity index (χ0v) is 20.4. The molecule has 7 heteroatoms. The summed E-state index contributed by atoms with van der Waals surface area (Å²) in [5, 5.41) is 2.74. The molecule has 0 atom stereocenters. The van der Waals surface area contributed by atoms with Crippen LogP contribution in [-0.2, 0) is 5.41 Å². The van der Waals surface area contributed by atoms with Crippen LogP contribution >= 0.6 is 15.9 Å². The molecular weight excluding hydrogens is 460 g/mol. The minimum absolute atomic E-state index is 0.0188. The van der Waals surface area contributed by atoms with E-state index in [4.69, 9.17) is 13.9 Å². The standard InChI is InChI=1S/C22H23BrN2O4.C2H6/c1-5-27-17-10-11-24-13-16(17)25-21(26)18-8-9-20(28-18)29-19-12-14(22(2,3)4)6-7-15(19)23;1-2/h6-13H,5H2,1-4H3,(H,25,26);1-2H3. The summed E-state index contributed by atoms with van der Waals surface area (Å²) < 4.78 is 17.7. The summed E-state index contributed by atoms with van der Waals surface area (Å²) in [4.78, 5) is 16.6. The van der Waals surface area contributed by atoms with E-state index in [0.717, 1.165) is 10.0 Å². The number of hydrogen-bond acceptors (Lipinski definition) is 5. The summed E-state index contributed by atoms with van der Waals surface area (Å²) in [5.41, 5.74) is 1.58. The molecular formula is C24H29BrN2O4. The van der Waals surface area contributed by atoms with Crippen molar-refractivity contribution < 1.29 is 18.7 Å². The molecule has 6 nitrogen and oxygen atoms in total. The van der Waals surface area contributed by atoms with Crippen molar-refractivity contribution in [1.29, 1.82) is 0 Å². The predicted octanol–water partition coefficient (Wildman–Crippen LogP) is 7.20. The maximum absolute atomic E-state index is 12.5. The summed E-state index contributed by atoms with van der Waals surface area (Å²) in [5.74, 6) is 1.08. The quantitative estimate of drug-likeness (QED) is 0.396. The minimum atomic E-state index is -0.420. The number of hydrogen-bond donors (Lipinski definition) is 1. The molecule has 0 aliphatic heterocycles. The second-order valence-electron chi connectivity index (χ2n) is 7.37. The number of aromatic nitrogens is 1. The highest BCUT2D eigenvalue weighted by molar-refractivity contribution is 9.10. The molecule has 1 aromatic carbocycles. The number of anilines is 1. The van der Waals surface area contributed by atoms with E-state index < -0.39 is 5.91 Å². The highest BCUT2D eigenvalue weighted by atomic mass is 79.9. The summed E-state index contributed by atoms with van der Waals surface area (Å²) >= 11 is 3.49. The number of halogens is 1. The third-order valence-corrected chi connectivity index (χ3v) is 4.80. The predicted molar refractivity (Wildman–Crippen MR) is 126 cm³/mol. The number of nitrogens with zero attached hydrogens (tertiary/aromatic N) is 1. The maximum Gasteiger partial charge on any atom is 0.291 e. The molecule has 0 bridgehead atoms.